The fourth-order valence-corrected chi connectivity index (χ4v) is 1.88. The summed E-state index contributed by atoms with van der Waals surface area (Å²) in [4.78, 5) is 0. The Morgan fingerprint density at radius 1 is 1.33 bits per heavy atom. The lowest BCUT2D eigenvalue weighted by molar-refractivity contribution is -0.667. The summed E-state index contributed by atoms with van der Waals surface area (Å²) in [6, 6.07) is 3.91. The van der Waals surface area contributed by atoms with E-state index in [-0.39, 0.29) is 0 Å². The minimum atomic E-state index is 0.417. The number of hydrogen-bond acceptors (Lipinski definition) is 2. The van der Waals surface area contributed by atoms with Gasteiger partial charge in [0.05, 0.1) is 18.2 Å². The lowest BCUT2D eigenvalue weighted by atomic mass is 10.2. The fraction of sp³-hybridized carbons (Fsp3) is 0.429. The van der Waals surface area contributed by atoms with Crippen LogP contribution < -0.4 is 14.8 Å². The lowest BCUT2D eigenvalue weighted by Crippen LogP contribution is -2.81. The number of ether oxygens (including phenoxy) is 2. The van der Waals surface area contributed by atoms with E-state index < -0.39 is 0 Å². The molecule has 100 valence electrons. The van der Waals surface area contributed by atoms with Crippen LogP contribution in [0.3, 0.4) is 0 Å². The summed E-state index contributed by atoms with van der Waals surface area (Å²) in [7, 11) is 0. The summed E-state index contributed by atoms with van der Waals surface area (Å²) >= 11 is 6.23. The van der Waals surface area contributed by atoms with E-state index in [1.165, 1.54) is 0 Å². The predicted molar refractivity (Wildman–Crippen MR) is 74.5 cm³/mol. The van der Waals surface area contributed by atoms with E-state index in [0.717, 1.165) is 18.7 Å². The lowest BCUT2D eigenvalue weighted by Gasteiger charge is -2.14. The highest BCUT2D eigenvalue weighted by Crippen LogP contribution is 2.36. The van der Waals surface area contributed by atoms with Crippen molar-refractivity contribution in [2.45, 2.75) is 20.4 Å². The Bertz CT molecular complexity index is 394. The summed E-state index contributed by atoms with van der Waals surface area (Å²) in [5, 5.41) is 2.79. The van der Waals surface area contributed by atoms with E-state index in [1.807, 2.05) is 19.1 Å². The number of halogens is 1. The first kappa shape index (κ1) is 14.9. The zero-order valence-electron chi connectivity index (χ0n) is 11.0. The van der Waals surface area contributed by atoms with Gasteiger partial charge in [-0.2, -0.15) is 0 Å². The molecule has 0 aliphatic carbocycles. The number of quaternary nitrogens is 1. The zero-order valence-corrected chi connectivity index (χ0v) is 11.8. The van der Waals surface area contributed by atoms with Gasteiger partial charge in [-0.1, -0.05) is 24.3 Å². The van der Waals surface area contributed by atoms with Gasteiger partial charge in [-0.3, -0.25) is 0 Å². The van der Waals surface area contributed by atoms with Crippen molar-refractivity contribution in [3.05, 3.63) is 35.4 Å². The molecule has 0 bridgehead atoms. The summed E-state index contributed by atoms with van der Waals surface area (Å²) in [6.45, 7) is 10.6. The Morgan fingerprint density at radius 2 is 2.11 bits per heavy atom. The number of nitrogens with two attached hydrogens (primary N) is 1. The highest BCUT2D eigenvalue weighted by atomic mass is 35.5. The Hall–Kier alpha value is -1.19. The van der Waals surface area contributed by atoms with Crippen molar-refractivity contribution in [3.8, 4) is 11.5 Å². The van der Waals surface area contributed by atoms with E-state index in [9.17, 15) is 0 Å². The van der Waals surface area contributed by atoms with E-state index in [4.69, 9.17) is 21.1 Å². The maximum atomic E-state index is 6.23. The molecule has 0 spiro atoms. The maximum absolute atomic E-state index is 6.23. The van der Waals surface area contributed by atoms with Crippen LogP contribution in [0.1, 0.15) is 19.4 Å². The van der Waals surface area contributed by atoms with Gasteiger partial charge in [-0.15, -0.1) is 0 Å². The summed E-state index contributed by atoms with van der Waals surface area (Å²) in [5.74, 6) is 1.30. The summed E-state index contributed by atoms with van der Waals surface area (Å²) < 4.78 is 11.1. The molecule has 0 aliphatic heterocycles. The Labute approximate surface area is 114 Å². The quantitative estimate of drug-likeness (QED) is 0.736. The molecule has 0 saturated heterocycles. The van der Waals surface area contributed by atoms with Gasteiger partial charge in [-0.05, 0) is 26.0 Å². The number of hydrogen-bond donors (Lipinski definition) is 1. The molecule has 0 atom stereocenters. The molecule has 0 unspecified atom stereocenters. The van der Waals surface area contributed by atoms with Crippen LogP contribution in [-0.2, 0) is 6.54 Å². The molecule has 0 radical (unpaired) electrons. The van der Waals surface area contributed by atoms with Crippen molar-refractivity contribution in [1.29, 1.82) is 0 Å². The van der Waals surface area contributed by atoms with E-state index >= 15 is 0 Å². The van der Waals surface area contributed by atoms with Gasteiger partial charge in [0.15, 0.2) is 11.5 Å². The molecule has 18 heavy (non-hydrogen) atoms. The Morgan fingerprint density at radius 3 is 2.72 bits per heavy atom. The first-order valence-corrected chi connectivity index (χ1v) is 6.61. The molecule has 2 N–H and O–H groups in total. The van der Waals surface area contributed by atoms with Gasteiger partial charge >= 0.3 is 0 Å². The monoisotopic (exact) mass is 270 g/mol. The van der Waals surface area contributed by atoms with Crippen LogP contribution in [0.5, 0.6) is 11.5 Å². The molecule has 1 aromatic carbocycles. The van der Waals surface area contributed by atoms with Gasteiger partial charge in [-0.25, -0.2) is 0 Å². The third-order valence-electron chi connectivity index (χ3n) is 2.38. The Balaban J connectivity index is 2.97. The van der Waals surface area contributed by atoms with Crippen molar-refractivity contribution < 1.29 is 14.8 Å². The van der Waals surface area contributed by atoms with Crippen LogP contribution in [-0.4, -0.2) is 19.8 Å². The van der Waals surface area contributed by atoms with Crippen molar-refractivity contribution in [1.82, 2.24) is 0 Å². The van der Waals surface area contributed by atoms with Crippen LogP contribution in [0.25, 0.3) is 0 Å². The maximum Gasteiger partial charge on any atom is 0.180 e. The topological polar surface area (TPSA) is 35.1 Å². The highest BCUT2D eigenvalue weighted by molar-refractivity contribution is 6.32. The van der Waals surface area contributed by atoms with Gasteiger partial charge in [0.1, 0.15) is 13.2 Å². The molecule has 0 saturated carbocycles. The standard InChI is InChI=1S/C14H20ClNO2/c1-4-7-18-14-12(15)8-11(10-16-5-2)9-13(14)17-6-3/h4,8-9,16H,1,5-7,10H2,2-3H3/p+1. The SMILES string of the molecule is C=CCOc1c(Cl)cc(C[NH2+]CC)cc1OCC. The largest absolute Gasteiger partial charge is 0.490 e. The number of benzene rings is 1. The number of rotatable bonds is 8. The van der Waals surface area contributed by atoms with E-state index in [1.54, 1.807) is 6.08 Å². The molecule has 0 heterocycles. The van der Waals surface area contributed by atoms with E-state index in [2.05, 4.69) is 18.8 Å². The molecule has 1 aromatic rings. The van der Waals surface area contributed by atoms with Gasteiger partial charge in [0, 0.05) is 5.56 Å². The van der Waals surface area contributed by atoms with Crippen LogP contribution in [0.2, 0.25) is 5.02 Å². The van der Waals surface area contributed by atoms with Crippen LogP contribution in [0, 0.1) is 0 Å². The van der Waals surface area contributed by atoms with Crippen molar-refractivity contribution in [3.63, 3.8) is 0 Å². The molecule has 0 aromatic heterocycles. The summed E-state index contributed by atoms with van der Waals surface area (Å²) in [6.07, 6.45) is 1.69. The van der Waals surface area contributed by atoms with Crippen LogP contribution in [0.4, 0.5) is 0 Å². The van der Waals surface area contributed by atoms with Crippen molar-refractivity contribution in [2.75, 3.05) is 19.8 Å². The van der Waals surface area contributed by atoms with Crippen molar-refractivity contribution in [2.24, 2.45) is 0 Å². The predicted octanol–water partition coefficient (Wildman–Crippen LogP) is 2.39. The van der Waals surface area contributed by atoms with Gasteiger partial charge in [0.25, 0.3) is 0 Å². The molecule has 0 aliphatic rings. The smallest absolute Gasteiger partial charge is 0.180 e. The third kappa shape index (κ3) is 4.24. The second-order valence-electron chi connectivity index (χ2n) is 3.84. The highest BCUT2D eigenvalue weighted by Gasteiger charge is 2.12. The van der Waals surface area contributed by atoms with Crippen LogP contribution >= 0.6 is 11.6 Å². The average Bonchev–Trinajstić information content (AvgIpc) is 2.36. The zero-order chi connectivity index (χ0) is 13.4. The third-order valence-corrected chi connectivity index (χ3v) is 2.66. The minimum Gasteiger partial charge on any atom is -0.490 e. The van der Waals surface area contributed by atoms with Crippen molar-refractivity contribution >= 4 is 11.6 Å². The second-order valence-corrected chi connectivity index (χ2v) is 4.25. The van der Waals surface area contributed by atoms with E-state index in [0.29, 0.717) is 29.7 Å². The first-order chi connectivity index (χ1) is 8.72. The first-order valence-electron chi connectivity index (χ1n) is 6.23. The molecular weight excluding hydrogens is 250 g/mol. The molecule has 0 amide bonds. The molecule has 1 rings (SSSR count). The van der Waals surface area contributed by atoms with Crippen LogP contribution in [0.15, 0.2) is 24.8 Å². The average molecular weight is 271 g/mol. The molecular formula is C14H21ClNO2+. The summed E-state index contributed by atoms with van der Waals surface area (Å²) in [5.41, 5.74) is 1.14. The Kier molecular flexibility index (Phi) is 6.61. The molecule has 4 heteroatoms. The van der Waals surface area contributed by atoms with Gasteiger partial charge in [0.2, 0.25) is 0 Å². The minimum absolute atomic E-state index is 0.417. The second kappa shape index (κ2) is 8.01. The molecule has 3 nitrogen and oxygen atoms in total. The fourth-order valence-electron chi connectivity index (χ4n) is 1.60. The van der Waals surface area contributed by atoms with Gasteiger partial charge < -0.3 is 14.8 Å². The normalized spacial score (nSPS) is 10.2. The molecule has 0 fully saturated rings.